The molecule has 0 atom stereocenters. The molecule has 0 bridgehead atoms. The molecule has 144 valence electrons. The molecule has 26 heavy (non-hydrogen) atoms. The zero-order valence-electron chi connectivity index (χ0n) is 16.6. The monoisotopic (exact) mass is 470 g/mol. The zero-order valence-corrected chi connectivity index (χ0v) is 19.0. The Kier molecular flexibility index (Phi) is 9.07. The van der Waals surface area contributed by atoms with Crippen LogP contribution in [0.25, 0.3) is 0 Å². The second-order valence-electron chi connectivity index (χ2n) is 6.61. The molecule has 0 saturated heterocycles. The molecule has 0 fully saturated rings. The third-order valence-electron chi connectivity index (χ3n) is 4.30. The number of nitrogens with zero attached hydrogens (tertiary/aromatic N) is 4. The highest BCUT2D eigenvalue weighted by atomic mass is 127. The second kappa shape index (κ2) is 10.5. The molecule has 0 aliphatic rings. The van der Waals surface area contributed by atoms with E-state index in [2.05, 4.69) is 70.9 Å². The Morgan fingerprint density at radius 1 is 1.08 bits per heavy atom. The molecule has 1 heterocycles. The molecular formula is C19H31IN6. The van der Waals surface area contributed by atoms with Gasteiger partial charge in [-0.3, -0.25) is 9.67 Å². The van der Waals surface area contributed by atoms with Crippen LogP contribution in [0.15, 0.2) is 29.3 Å². The van der Waals surface area contributed by atoms with E-state index in [1.165, 1.54) is 22.4 Å². The first-order valence-electron chi connectivity index (χ1n) is 8.57. The molecule has 7 heteroatoms. The Balaban J connectivity index is 0.00000338. The fourth-order valence-electron chi connectivity index (χ4n) is 2.78. The molecular weight excluding hydrogens is 439 g/mol. The van der Waals surface area contributed by atoms with Crippen LogP contribution < -0.4 is 10.6 Å². The van der Waals surface area contributed by atoms with Crippen molar-refractivity contribution in [3.8, 4) is 0 Å². The molecule has 0 aliphatic carbocycles. The number of rotatable bonds is 6. The van der Waals surface area contributed by atoms with Crippen LogP contribution in [-0.2, 0) is 26.7 Å². The maximum absolute atomic E-state index is 4.45. The molecule has 2 rings (SSSR count). The quantitative estimate of drug-likeness (QED) is 0.387. The molecule has 0 unspecified atom stereocenters. The fraction of sp³-hybridized carbons (Fsp3) is 0.474. The largest absolute Gasteiger partial charge is 0.352 e. The Morgan fingerprint density at radius 2 is 1.65 bits per heavy atom. The van der Waals surface area contributed by atoms with Crippen molar-refractivity contribution in [2.24, 2.45) is 12.0 Å². The van der Waals surface area contributed by atoms with E-state index in [9.17, 15) is 0 Å². The summed E-state index contributed by atoms with van der Waals surface area (Å²) in [5.41, 5.74) is 6.01. The molecule has 1 aromatic heterocycles. The lowest BCUT2D eigenvalue weighted by atomic mass is 10.1. The predicted octanol–water partition coefficient (Wildman–Crippen LogP) is 2.58. The number of hydrogen-bond acceptors (Lipinski definition) is 3. The van der Waals surface area contributed by atoms with Gasteiger partial charge in [-0.2, -0.15) is 5.10 Å². The lowest BCUT2D eigenvalue weighted by Crippen LogP contribution is -2.36. The first-order chi connectivity index (χ1) is 11.9. The topological polar surface area (TPSA) is 57.5 Å². The summed E-state index contributed by atoms with van der Waals surface area (Å²) in [5.74, 6) is 0.792. The van der Waals surface area contributed by atoms with Gasteiger partial charge in [0.05, 0.1) is 5.69 Å². The van der Waals surface area contributed by atoms with Crippen molar-refractivity contribution in [2.75, 3.05) is 21.1 Å². The number of benzene rings is 1. The van der Waals surface area contributed by atoms with Crippen molar-refractivity contribution in [2.45, 2.75) is 33.5 Å². The third kappa shape index (κ3) is 6.28. The van der Waals surface area contributed by atoms with Gasteiger partial charge in [-0.1, -0.05) is 24.3 Å². The number of aliphatic imine (C=N–C) groups is 1. The van der Waals surface area contributed by atoms with E-state index in [1.807, 2.05) is 18.7 Å². The average Bonchev–Trinajstić information content (AvgIpc) is 2.81. The van der Waals surface area contributed by atoms with Crippen molar-refractivity contribution in [1.82, 2.24) is 25.3 Å². The van der Waals surface area contributed by atoms with Crippen LogP contribution in [0.3, 0.4) is 0 Å². The van der Waals surface area contributed by atoms with Crippen LogP contribution in [0.5, 0.6) is 0 Å². The van der Waals surface area contributed by atoms with Gasteiger partial charge in [0.2, 0.25) is 0 Å². The molecule has 0 amide bonds. The van der Waals surface area contributed by atoms with E-state index in [0.29, 0.717) is 6.54 Å². The maximum Gasteiger partial charge on any atom is 0.191 e. The minimum atomic E-state index is 0. The number of halogens is 1. The van der Waals surface area contributed by atoms with E-state index in [4.69, 9.17) is 0 Å². The van der Waals surface area contributed by atoms with E-state index in [1.54, 1.807) is 7.05 Å². The molecule has 0 radical (unpaired) electrons. The molecule has 0 aliphatic heterocycles. The van der Waals surface area contributed by atoms with Crippen molar-refractivity contribution in [3.05, 3.63) is 52.3 Å². The lowest BCUT2D eigenvalue weighted by molar-refractivity contribution is 0.402. The molecule has 0 spiro atoms. The smallest absolute Gasteiger partial charge is 0.191 e. The molecule has 2 N–H and O–H groups in total. The highest BCUT2D eigenvalue weighted by Gasteiger charge is 2.09. The Labute approximate surface area is 174 Å². The second-order valence-corrected chi connectivity index (χ2v) is 6.61. The normalized spacial score (nSPS) is 11.4. The number of aromatic nitrogens is 2. The van der Waals surface area contributed by atoms with Gasteiger partial charge < -0.3 is 15.5 Å². The maximum atomic E-state index is 4.45. The van der Waals surface area contributed by atoms with Gasteiger partial charge in [0.15, 0.2) is 5.96 Å². The summed E-state index contributed by atoms with van der Waals surface area (Å²) in [4.78, 5) is 6.47. The van der Waals surface area contributed by atoms with Crippen LogP contribution >= 0.6 is 24.0 Å². The molecule has 6 nitrogen and oxygen atoms in total. The summed E-state index contributed by atoms with van der Waals surface area (Å²) in [5, 5.41) is 11.2. The Hall–Kier alpha value is -1.61. The summed E-state index contributed by atoms with van der Waals surface area (Å²) in [6.07, 6.45) is 0. The van der Waals surface area contributed by atoms with Gasteiger partial charge >= 0.3 is 0 Å². The SMILES string of the molecule is CN=C(NCc1ccc(CN(C)C)cc1)NCc1c(C)nn(C)c1C.I. The summed E-state index contributed by atoms with van der Waals surface area (Å²) in [7, 11) is 7.92. The molecule has 1 aromatic carbocycles. The van der Waals surface area contributed by atoms with Crippen LogP contribution in [-0.4, -0.2) is 41.8 Å². The summed E-state index contributed by atoms with van der Waals surface area (Å²) in [6.45, 7) is 6.54. The van der Waals surface area contributed by atoms with Crippen molar-refractivity contribution in [1.29, 1.82) is 0 Å². The summed E-state index contributed by atoms with van der Waals surface area (Å²) >= 11 is 0. The van der Waals surface area contributed by atoms with Crippen LogP contribution in [0.2, 0.25) is 0 Å². The summed E-state index contributed by atoms with van der Waals surface area (Å²) in [6, 6.07) is 8.67. The lowest BCUT2D eigenvalue weighted by Gasteiger charge is -2.13. The van der Waals surface area contributed by atoms with Crippen molar-refractivity contribution >= 4 is 29.9 Å². The Bertz CT molecular complexity index is 718. The van der Waals surface area contributed by atoms with Gasteiger partial charge in [-0.15, -0.1) is 24.0 Å². The molecule has 2 aromatic rings. The first kappa shape index (κ1) is 22.4. The van der Waals surface area contributed by atoms with Crippen LogP contribution in [0.4, 0.5) is 0 Å². The van der Waals surface area contributed by atoms with Gasteiger partial charge in [-0.05, 0) is 39.1 Å². The van der Waals surface area contributed by atoms with E-state index in [-0.39, 0.29) is 24.0 Å². The number of aryl methyl sites for hydroxylation is 2. The van der Waals surface area contributed by atoms with Crippen molar-refractivity contribution in [3.63, 3.8) is 0 Å². The van der Waals surface area contributed by atoms with Gasteiger partial charge in [-0.25, -0.2) is 0 Å². The number of hydrogen-bond donors (Lipinski definition) is 2. The predicted molar refractivity (Wildman–Crippen MR) is 119 cm³/mol. The minimum Gasteiger partial charge on any atom is -0.352 e. The summed E-state index contributed by atoms with van der Waals surface area (Å²) < 4.78 is 1.91. The van der Waals surface area contributed by atoms with Crippen LogP contribution in [0.1, 0.15) is 28.1 Å². The van der Waals surface area contributed by atoms with Crippen molar-refractivity contribution < 1.29 is 0 Å². The third-order valence-corrected chi connectivity index (χ3v) is 4.30. The van der Waals surface area contributed by atoms with Gasteiger partial charge in [0, 0.05) is 45.0 Å². The first-order valence-corrected chi connectivity index (χ1v) is 8.57. The number of nitrogens with one attached hydrogen (secondary N) is 2. The molecule has 0 saturated carbocycles. The number of guanidine groups is 1. The van der Waals surface area contributed by atoms with E-state index in [0.717, 1.165) is 24.7 Å². The Morgan fingerprint density at radius 3 is 2.15 bits per heavy atom. The highest BCUT2D eigenvalue weighted by molar-refractivity contribution is 14.0. The van der Waals surface area contributed by atoms with Gasteiger partial charge in [0.25, 0.3) is 0 Å². The zero-order chi connectivity index (χ0) is 18.4. The standard InChI is InChI=1S/C19H30N6.HI/c1-14-18(15(2)25(6)23-14)12-22-19(20-3)21-11-16-7-9-17(10-8-16)13-24(4)5;/h7-10H,11-13H2,1-6H3,(H2,20,21,22);1H. The average molecular weight is 470 g/mol. The fourth-order valence-corrected chi connectivity index (χ4v) is 2.78. The van der Waals surface area contributed by atoms with Gasteiger partial charge in [0.1, 0.15) is 0 Å². The van der Waals surface area contributed by atoms with E-state index < -0.39 is 0 Å². The highest BCUT2D eigenvalue weighted by Crippen LogP contribution is 2.11. The minimum absolute atomic E-state index is 0. The van der Waals surface area contributed by atoms with E-state index >= 15 is 0 Å². The van der Waals surface area contributed by atoms with Crippen LogP contribution in [0, 0.1) is 13.8 Å².